The van der Waals surface area contributed by atoms with Crippen molar-refractivity contribution in [3.05, 3.63) is 43.6 Å². The molecule has 2 aromatic carbocycles. The number of benzene rings is 2. The Balaban J connectivity index is 2.26. The van der Waals surface area contributed by atoms with E-state index < -0.39 is 0 Å². The van der Waals surface area contributed by atoms with E-state index in [2.05, 4.69) is 146 Å². The molecule has 11 heteroatoms. The summed E-state index contributed by atoms with van der Waals surface area (Å²) in [4.78, 5) is 4.76. The zero-order valence-electron chi connectivity index (χ0n) is 14.6. The molecule has 4 aromatic rings. The molecule has 0 radical (unpaired) electrons. The van der Waals surface area contributed by atoms with Gasteiger partial charge in [0.05, 0.1) is 21.7 Å². The predicted molar refractivity (Wildman–Crippen MR) is 153 cm³/mol. The van der Waals surface area contributed by atoms with Gasteiger partial charge in [-0.25, -0.2) is 0 Å². The summed E-state index contributed by atoms with van der Waals surface area (Å²) in [5.74, 6) is 0. The minimum Gasteiger partial charge on any atom is -0.348 e. The molecule has 0 spiro atoms. The molecule has 4 rings (SSSR count). The van der Waals surface area contributed by atoms with Gasteiger partial charge < -0.3 is 4.98 Å². The second kappa shape index (κ2) is 9.08. The average Bonchev–Trinajstić information content (AvgIpc) is 3.18. The van der Waals surface area contributed by atoms with E-state index in [9.17, 15) is 0 Å². The lowest BCUT2D eigenvalue weighted by molar-refractivity contribution is 1.03. The van der Waals surface area contributed by atoms with E-state index in [1.54, 1.807) is 23.5 Å². The Morgan fingerprint density at radius 1 is 0.759 bits per heavy atom. The summed E-state index contributed by atoms with van der Waals surface area (Å²) in [5.41, 5.74) is 3.26. The minimum absolute atomic E-state index is 0.987. The third-order valence-electron chi connectivity index (χ3n) is 4.49. The largest absolute Gasteiger partial charge is 0.348 e. The van der Waals surface area contributed by atoms with Gasteiger partial charge in [0.1, 0.15) is 4.60 Å². The van der Waals surface area contributed by atoms with Crippen molar-refractivity contribution < 1.29 is 0 Å². The summed E-state index contributed by atoms with van der Waals surface area (Å²) in [7, 11) is 0. The number of hydrogen-bond donors (Lipinski definition) is 1. The first-order valence-electron chi connectivity index (χ1n) is 7.87. The lowest BCUT2D eigenvalue weighted by Gasteiger charge is -2.12. The molecular formula is C18H9Br7N2S2. The number of fused-ring (bicyclic) bond motifs is 2. The number of aromatic nitrogens is 2. The van der Waals surface area contributed by atoms with E-state index in [-0.39, 0.29) is 0 Å². The molecule has 0 saturated carbocycles. The molecule has 1 N–H and O–H groups in total. The normalized spacial score (nSPS) is 11.9. The summed E-state index contributed by atoms with van der Waals surface area (Å²) < 4.78 is 9.30. The number of nitrogens with one attached hydrogen (secondary N) is 1. The molecule has 0 atom stereocenters. The number of aromatic amines is 1. The summed E-state index contributed by atoms with van der Waals surface area (Å²) in [5, 5.41) is 3.36. The van der Waals surface area contributed by atoms with Crippen LogP contribution in [0.4, 0.5) is 0 Å². The Kier molecular flexibility index (Phi) is 7.43. The molecule has 0 aliphatic rings. The summed E-state index contributed by atoms with van der Waals surface area (Å²) in [6, 6.07) is 4.25. The average molecular weight is 877 g/mol. The van der Waals surface area contributed by atoms with Gasteiger partial charge >= 0.3 is 0 Å². The van der Waals surface area contributed by atoms with Crippen LogP contribution in [0.15, 0.2) is 53.5 Å². The molecule has 29 heavy (non-hydrogen) atoms. The predicted octanol–water partition coefficient (Wildman–Crippen LogP) is 10.9. The second-order valence-corrected chi connectivity index (χ2v) is 13.2. The van der Waals surface area contributed by atoms with E-state index in [0.717, 1.165) is 64.0 Å². The topological polar surface area (TPSA) is 20.7 Å². The van der Waals surface area contributed by atoms with Crippen molar-refractivity contribution in [2.45, 2.75) is 9.92 Å². The molecule has 0 saturated heterocycles. The lowest BCUT2D eigenvalue weighted by Crippen LogP contribution is -1.96. The van der Waals surface area contributed by atoms with E-state index in [0.29, 0.717) is 0 Å². The first-order chi connectivity index (χ1) is 13.7. The number of nitrogens with zero attached hydrogens (tertiary/aromatic N) is 1. The first-order valence-corrected chi connectivity index (χ1v) is 15.9. The van der Waals surface area contributed by atoms with Gasteiger partial charge in [0, 0.05) is 42.5 Å². The fourth-order valence-corrected chi connectivity index (χ4v) is 8.95. The first kappa shape index (κ1) is 23.7. The Hall–Kier alpha value is 1.58. The number of hydrogen-bond acceptors (Lipinski definition) is 2. The number of thioether (sulfide) groups is 2. The fraction of sp³-hybridized carbons (Fsp3) is 0.111. The van der Waals surface area contributed by atoms with Crippen LogP contribution in [0.3, 0.4) is 0 Å². The number of rotatable bonds is 3. The highest BCUT2D eigenvalue weighted by molar-refractivity contribution is 9.15. The standard InChI is InChI=1S/C18H9Br7N2S2/c1-28-16-10-8(4-6(20)12(22)14(10)24)27(17(16)25)15-9-7(26-18(15)29-2)3-5(19)11(21)13(9)23/h3-4,26H,1-2H3. The van der Waals surface area contributed by atoms with Crippen LogP contribution < -0.4 is 0 Å². The van der Waals surface area contributed by atoms with Gasteiger partial charge in [-0.3, -0.25) is 4.57 Å². The van der Waals surface area contributed by atoms with Crippen molar-refractivity contribution in [1.29, 1.82) is 0 Å². The van der Waals surface area contributed by atoms with Gasteiger partial charge in [0.15, 0.2) is 0 Å². The maximum absolute atomic E-state index is 3.90. The molecule has 152 valence electrons. The van der Waals surface area contributed by atoms with Crippen LogP contribution in [-0.4, -0.2) is 22.1 Å². The minimum atomic E-state index is 0.987. The number of H-pyrrole nitrogens is 1. The van der Waals surface area contributed by atoms with Crippen LogP contribution in [0.1, 0.15) is 0 Å². The van der Waals surface area contributed by atoms with Crippen LogP contribution >= 0.6 is 135 Å². The Morgan fingerprint density at radius 2 is 1.34 bits per heavy atom. The smallest absolute Gasteiger partial charge is 0.104 e. The van der Waals surface area contributed by atoms with Crippen LogP contribution in [-0.2, 0) is 0 Å². The molecule has 0 aliphatic heterocycles. The van der Waals surface area contributed by atoms with Crippen molar-refractivity contribution in [2.75, 3.05) is 12.5 Å². The van der Waals surface area contributed by atoms with E-state index in [1.807, 2.05) is 0 Å². The van der Waals surface area contributed by atoms with Crippen molar-refractivity contribution >= 4 is 157 Å². The highest BCUT2D eigenvalue weighted by atomic mass is 79.9. The number of halogens is 7. The highest BCUT2D eigenvalue weighted by Crippen LogP contribution is 2.50. The fourth-order valence-electron chi connectivity index (χ4n) is 3.27. The van der Waals surface area contributed by atoms with Gasteiger partial charge in [-0.05, 0) is 136 Å². The molecule has 2 heterocycles. The van der Waals surface area contributed by atoms with Crippen LogP contribution in [0, 0.1) is 0 Å². The van der Waals surface area contributed by atoms with E-state index in [4.69, 9.17) is 0 Å². The van der Waals surface area contributed by atoms with Gasteiger partial charge in [-0.1, -0.05) is 0 Å². The maximum Gasteiger partial charge on any atom is 0.104 e. The molecule has 0 bridgehead atoms. The molecule has 0 amide bonds. The van der Waals surface area contributed by atoms with Crippen molar-refractivity contribution in [3.63, 3.8) is 0 Å². The van der Waals surface area contributed by atoms with Crippen LogP contribution in [0.2, 0.25) is 0 Å². The summed E-state index contributed by atoms with van der Waals surface area (Å²) >= 11 is 29.6. The highest BCUT2D eigenvalue weighted by Gasteiger charge is 2.26. The van der Waals surface area contributed by atoms with Crippen molar-refractivity contribution in [1.82, 2.24) is 9.55 Å². The molecule has 0 unspecified atom stereocenters. The molecule has 2 nitrogen and oxygen atoms in total. The lowest BCUT2D eigenvalue weighted by atomic mass is 10.2. The second-order valence-electron chi connectivity index (χ2n) is 5.96. The van der Waals surface area contributed by atoms with Gasteiger partial charge in [-0.15, -0.1) is 23.5 Å². The molecular weight excluding hydrogens is 868 g/mol. The van der Waals surface area contributed by atoms with Crippen molar-refractivity contribution in [3.8, 4) is 5.69 Å². The monoisotopic (exact) mass is 869 g/mol. The zero-order chi connectivity index (χ0) is 21.2. The Labute approximate surface area is 235 Å². The van der Waals surface area contributed by atoms with E-state index in [1.165, 1.54) is 4.90 Å². The quantitative estimate of drug-likeness (QED) is 0.164. The Bertz CT molecular complexity index is 1310. The zero-order valence-corrected chi connectivity index (χ0v) is 27.3. The molecule has 0 aliphatic carbocycles. The van der Waals surface area contributed by atoms with Gasteiger partial charge in [0.25, 0.3) is 0 Å². The summed E-state index contributed by atoms with van der Waals surface area (Å²) in [6.07, 6.45) is 4.18. The van der Waals surface area contributed by atoms with Crippen molar-refractivity contribution in [2.24, 2.45) is 0 Å². The van der Waals surface area contributed by atoms with Crippen LogP contribution in [0.5, 0.6) is 0 Å². The Morgan fingerprint density at radius 3 is 1.93 bits per heavy atom. The summed E-state index contributed by atoms with van der Waals surface area (Å²) in [6.45, 7) is 0. The van der Waals surface area contributed by atoms with Gasteiger partial charge in [0.2, 0.25) is 0 Å². The van der Waals surface area contributed by atoms with Gasteiger partial charge in [-0.2, -0.15) is 0 Å². The van der Waals surface area contributed by atoms with E-state index >= 15 is 0 Å². The maximum atomic E-state index is 3.90. The SMILES string of the molecule is CSc1[nH]c2cc(Br)c(Br)c(Br)c2c1-n1c(Br)c(SC)c2c(Br)c(Br)c(Br)cc21. The van der Waals surface area contributed by atoms with Crippen LogP contribution in [0.25, 0.3) is 27.5 Å². The third kappa shape index (κ3) is 3.74. The molecule has 0 fully saturated rings. The molecule has 2 aromatic heterocycles. The third-order valence-corrected chi connectivity index (χ3v) is 13.6.